The molecule has 0 aromatic heterocycles. The highest BCUT2D eigenvalue weighted by molar-refractivity contribution is 8.03. The molecule has 0 spiro atoms. The smallest absolute Gasteiger partial charge is 0.0594 e. The van der Waals surface area contributed by atoms with Gasteiger partial charge in [-0.15, -0.1) is 0 Å². The molecule has 4 nitrogen and oxygen atoms in total. The van der Waals surface area contributed by atoms with E-state index in [2.05, 4.69) is 46.2 Å². The van der Waals surface area contributed by atoms with Crippen molar-refractivity contribution in [2.45, 2.75) is 4.90 Å². The van der Waals surface area contributed by atoms with Crippen molar-refractivity contribution < 1.29 is 9.47 Å². The van der Waals surface area contributed by atoms with E-state index in [-0.39, 0.29) is 0 Å². The average molecular weight is 334 g/mol. The van der Waals surface area contributed by atoms with Crippen LogP contribution in [0.3, 0.4) is 0 Å². The van der Waals surface area contributed by atoms with E-state index >= 15 is 0 Å². The summed E-state index contributed by atoms with van der Waals surface area (Å²) in [6.07, 6.45) is 2.40. The van der Waals surface area contributed by atoms with E-state index in [1.807, 2.05) is 11.8 Å². The molecule has 3 rings (SSSR count). The summed E-state index contributed by atoms with van der Waals surface area (Å²) in [6, 6.07) is 10.7. The third-order valence-corrected chi connectivity index (χ3v) is 5.22. The Morgan fingerprint density at radius 2 is 1.52 bits per heavy atom. The maximum atomic E-state index is 5.46. The fourth-order valence-electron chi connectivity index (χ4n) is 2.77. The highest BCUT2D eigenvalue weighted by Crippen LogP contribution is 2.27. The highest BCUT2D eigenvalue weighted by Gasteiger charge is 2.14. The molecule has 0 radical (unpaired) electrons. The van der Waals surface area contributed by atoms with E-state index in [9.17, 15) is 0 Å². The summed E-state index contributed by atoms with van der Waals surface area (Å²) in [4.78, 5) is 7.71. The van der Waals surface area contributed by atoms with Gasteiger partial charge in [0.05, 0.1) is 26.4 Å². The van der Waals surface area contributed by atoms with Crippen LogP contribution in [0, 0.1) is 0 Å². The molecule has 23 heavy (non-hydrogen) atoms. The van der Waals surface area contributed by atoms with Gasteiger partial charge in [-0.2, -0.15) is 0 Å². The van der Waals surface area contributed by atoms with E-state index in [1.165, 1.54) is 9.80 Å². The zero-order valence-corrected chi connectivity index (χ0v) is 14.5. The maximum Gasteiger partial charge on any atom is 0.0594 e. The van der Waals surface area contributed by atoms with Crippen molar-refractivity contribution in [1.82, 2.24) is 9.80 Å². The lowest BCUT2D eigenvalue weighted by molar-refractivity contribution is 0.0414. The van der Waals surface area contributed by atoms with Gasteiger partial charge in [0, 0.05) is 49.1 Å². The topological polar surface area (TPSA) is 24.9 Å². The highest BCUT2D eigenvalue weighted by atomic mass is 32.2. The predicted molar refractivity (Wildman–Crippen MR) is 94.9 cm³/mol. The van der Waals surface area contributed by atoms with Gasteiger partial charge in [-0.05, 0) is 12.1 Å². The minimum atomic E-state index is 0.854. The quantitative estimate of drug-likeness (QED) is 0.744. The third kappa shape index (κ3) is 5.94. The Hall–Kier alpha value is -0.850. The van der Waals surface area contributed by atoms with Crippen LogP contribution in [-0.2, 0) is 9.47 Å². The normalized spacial score (nSPS) is 21.5. The molecule has 0 amide bonds. The van der Waals surface area contributed by atoms with E-state index in [0.717, 1.165) is 65.7 Å². The molecule has 0 saturated carbocycles. The number of rotatable bonds is 6. The number of hydrogen-bond acceptors (Lipinski definition) is 5. The van der Waals surface area contributed by atoms with Crippen LogP contribution < -0.4 is 0 Å². The lowest BCUT2D eigenvalue weighted by Crippen LogP contribution is -2.38. The fourth-order valence-corrected chi connectivity index (χ4v) is 3.77. The Labute approximate surface area is 143 Å². The van der Waals surface area contributed by atoms with Crippen molar-refractivity contribution >= 4 is 11.8 Å². The average Bonchev–Trinajstić information content (AvgIpc) is 2.62. The molecule has 0 aliphatic carbocycles. The molecule has 1 aromatic carbocycles. The van der Waals surface area contributed by atoms with Gasteiger partial charge in [0.15, 0.2) is 0 Å². The molecule has 126 valence electrons. The minimum absolute atomic E-state index is 0.854. The largest absolute Gasteiger partial charge is 0.379 e. The number of nitrogens with zero attached hydrogens (tertiary/aromatic N) is 2. The first kappa shape index (κ1) is 17.0. The van der Waals surface area contributed by atoms with Gasteiger partial charge in [-0.25, -0.2) is 0 Å². The van der Waals surface area contributed by atoms with Crippen molar-refractivity contribution in [2.75, 3.05) is 65.7 Å². The van der Waals surface area contributed by atoms with Crippen molar-refractivity contribution in [3.63, 3.8) is 0 Å². The minimum Gasteiger partial charge on any atom is -0.379 e. The summed E-state index contributed by atoms with van der Waals surface area (Å²) in [5.41, 5.74) is 0. The van der Waals surface area contributed by atoms with Crippen LogP contribution in [0.5, 0.6) is 0 Å². The standard InChI is InChI=1S/C18H26N2O2S/c1-2-4-17(5-3-1)23-18(16-20-10-14-22-15-11-20)6-7-19-8-12-21-13-9-19/h1-6H,7-16H2. The lowest BCUT2D eigenvalue weighted by Gasteiger charge is -2.28. The Morgan fingerprint density at radius 1 is 0.913 bits per heavy atom. The molecule has 0 atom stereocenters. The Kier molecular flexibility index (Phi) is 6.98. The maximum absolute atomic E-state index is 5.46. The van der Waals surface area contributed by atoms with Crippen LogP contribution >= 0.6 is 11.8 Å². The number of morpholine rings is 2. The zero-order chi connectivity index (χ0) is 15.7. The van der Waals surface area contributed by atoms with Crippen molar-refractivity contribution in [3.05, 3.63) is 41.3 Å². The van der Waals surface area contributed by atoms with Gasteiger partial charge in [0.2, 0.25) is 0 Å². The van der Waals surface area contributed by atoms with E-state index < -0.39 is 0 Å². The SMILES string of the molecule is C(CN1CCOCC1)=C(CN1CCOCC1)Sc1ccccc1. The molecule has 2 aliphatic rings. The van der Waals surface area contributed by atoms with Gasteiger partial charge in [0.1, 0.15) is 0 Å². The fraction of sp³-hybridized carbons (Fsp3) is 0.556. The molecule has 2 heterocycles. The lowest BCUT2D eigenvalue weighted by atomic mass is 10.3. The molecular formula is C18H26N2O2S. The molecule has 0 unspecified atom stereocenters. The summed E-state index contributed by atoms with van der Waals surface area (Å²) >= 11 is 1.89. The molecule has 5 heteroatoms. The van der Waals surface area contributed by atoms with E-state index in [0.29, 0.717) is 0 Å². The van der Waals surface area contributed by atoms with Crippen LogP contribution in [0.4, 0.5) is 0 Å². The van der Waals surface area contributed by atoms with Crippen molar-refractivity contribution in [2.24, 2.45) is 0 Å². The van der Waals surface area contributed by atoms with Gasteiger partial charge < -0.3 is 9.47 Å². The van der Waals surface area contributed by atoms with Crippen LogP contribution in [0.2, 0.25) is 0 Å². The summed E-state index contributed by atoms with van der Waals surface area (Å²) in [5, 5.41) is 0. The molecule has 0 N–H and O–H groups in total. The monoisotopic (exact) mass is 334 g/mol. The number of ether oxygens (including phenoxy) is 2. The van der Waals surface area contributed by atoms with E-state index in [1.54, 1.807) is 0 Å². The number of hydrogen-bond donors (Lipinski definition) is 0. The van der Waals surface area contributed by atoms with Gasteiger partial charge >= 0.3 is 0 Å². The van der Waals surface area contributed by atoms with Crippen molar-refractivity contribution in [1.29, 1.82) is 0 Å². The van der Waals surface area contributed by atoms with E-state index in [4.69, 9.17) is 9.47 Å². The summed E-state index contributed by atoms with van der Waals surface area (Å²) in [5.74, 6) is 0. The summed E-state index contributed by atoms with van der Waals surface area (Å²) < 4.78 is 10.9. The van der Waals surface area contributed by atoms with Gasteiger partial charge in [-0.3, -0.25) is 9.80 Å². The molecule has 1 aromatic rings. The Balaban J connectivity index is 1.61. The third-order valence-electron chi connectivity index (χ3n) is 4.16. The van der Waals surface area contributed by atoms with Crippen molar-refractivity contribution in [3.8, 4) is 0 Å². The Bertz CT molecular complexity index is 483. The first-order valence-electron chi connectivity index (χ1n) is 8.42. The molecule has 2 aliphatic heterocycles. The first-order valence-corrected chi connectivity index (χ1v) is 9.24. The zero-order valence-electron chi connectivity index (χ0n) is 13.7. The van der Waals surface area contributed by atoms with Crippen LogP contribution in [0.1, 0.15) is 0 Å². The Morgan fingerprint density at radius 3 is 2.17 bits per heavy atom. The van der Waals surface area contributed by atoms with Gasteiger partial charge in [0.25, 0.3) is 0 Å². The first-order chi connectivity index (χ1) is 11.4. The predicted octanol–water partition coefficient (Wildman–Crippen LogP) is 2.33. The molecule has 0 bridgehead atoms. The van der Waals surface area contributed by atoms with Crippen LogP contribution in [-0.4, -0.2) is 75.5 Å². The second kappa shape index (κ2) is 9.45. The van der Waals surface area contributed by atoms with Crippen LogP contribution in [0.15, 0.2) is 46.2 Å². The molecule has 2 fully saturated rings. The summed E-state index contributed by atoms with van der Waals surface area (Å²) in [6.45, 7) is 9.61. The van der Waals surface area contributed by atoms with Gasteiger partial charge in [-0.1, -0.05) is 36.0 Å². The molecule has 2 saturated heterocycles. The molecular weight excluding hydrogens is 308 g/mol. The number of thioether (sulfide) groups is 1. The van der Waals surface area contributed by atoms with Crippen LogP contribution in [0.25, 0.3) is 0 Å². The second-order valence-corrected chi connectivity index (χ2v) is 7.09. The second-order valence-electron chi connectivity index (χ2n) is 5.89. The number of benzene rings is 1. The summed E-state index contributed by atoms with van der Waals surface area (Å²) in [7, 11) is 0.